The minimum Gasteiger partial charge on any atom is -0.506 e. The van der Waals surface area contributed by atoms with Gasteiger partial charge in [0.1, 0.15) is 29.7 Å². The van der Waals surface area contributed by atoms with Crippen molar-refractivity contribution in [3.05, 3.63) is 157 Å². The number of nitrogens with zero attached hydrogens (tertiary/aromatic N) is 1. The third-order valence-electron chi connectivity index (χ3n) is 7.92. The first-order valence-corrected chi connectivity index (χ1v) is 16.5. The number of esters is 1. The summed E-state index contributed by atoms with van der Waals surface area (Å²) in [6.07, 6.45) is 3.17. The molecule has 1 amide bonds. The Hall–Kier alpha value is -5.78. The molecule has 6 rings (SSSR count). The van der Waals surface area contributed by atoms with E-state index in [1.54, 1.807) is 30.5 Å². The van der Waals surface area contributed by atoms with Crippen molar-refractivity contribution in [2.24, 2.45) is 0 Å². The average Bonchev–Trinajstić information content (AvgIpc) is 3.60. The first kappa shape index (κ1) is 33.1. The van der Waals surface area contributed by atoms with Crippen LogP contribution in [0.4, 0.5) is 0 Å². The van der Waals surface area contributed by atoms with Crippen molar-refractivity contribution in [2.45, 2.75) is 32.2 Å². The minimum absolute atomic E-state index is 0.0478. The quantitative estimate of drug-likeness (QED) is 0.0609. The minimum atomic E-state index is -0.438. The van der Waals surface area contributed by atoms with Crippen molar-refractivity contribution in [1.29, 1.82) is 0 Å². The molecule has 2 heterocycles. The number of ether oxygens (including phenoxy) is 2. The molecule has 248 valence electrons. The molecule has 10 nitrogen and oxygen atoms in total. The number of carbonyl (C=O) groups excluding carboxylic acids is 2. The molecule has 0 radical (unpaired) electrons. The highest BCUT2D eigenvalue weighted by atomic mass is 32.1. The van der Waals surface area contributed by atoms with E-state index in [1.165, 1.54) is 17.4 Å². The zero-order valence-electron chi connectivity index (χ0n) is 26.4. The first-order valence-electron chi connectivity index (χ1n) is 15.7. The number of phenolic OH excluding ortho intramolecular Hbond substituents is 1. The van der Waals surface area contributed by atoms with E-state index in [0.717, 1.165) is 32.5 Å². The van der Waals surface area contributed by atoms with Crippen LogP contribution >= 0.6 is 11.3 Å². The van der Waals surface area contributed by atoms with Crippen LogP contribution < -0.4 is 20.9 Å². The van der Waals surface area contributed by atoms with Gasteiger partial charge in [-0.05, 0) is 71.6 Å². The molecule has 0 bridgehead atoms. The van der Waals surface area contributed by atoms with Crippen molar-refractivity contribution in [1.82, 2.24) is 20.6 Å². The lowest BCUT2D eigenvalue weighted by Gasteiger charge is -2.18. The summed E-state index contributed by atoms with van der Waals surface area (Å²) in [4.78, 5) is 43.7. The summed E-state index contributed by atoms with van der Waals surface area (Å²) in [5.74, 6) is 0.274. The van der Waals surface area contributed by atoms with Gasteiger partial charge in [0.25, 0.3) is 0 Å². The number of phenols is 1. The number of thiazole rings is 1. The first-order chi connectivity index (χ1) is 24.0. The molecule has 11 heteroatoms. The summed E-state index contributed by atoms with van der Waals surface area (Å²) in [6.45, 7) is 1.67. The number of carbonyl (C=O) groups is 2. The molecule has 4 aromatic carbocycles. The zero-order chi connectivity index (χ0) is 34.0. The van der Waals surface area contributed by atoms with E-state index in [4.69, 9.17) is 9.47 Å². The largest absolute Gasteiger partial charge is 0.506 e. The lowest BCUT2D eigenvalue weighted by Crippen LogP contribution is -2.20. The van der Waals surface area contributed by atoms with Crippen LogP contribution in [0.5, 0.6) is 11.5 Å². The Morgan fingerprint density at radius 3 is 2.57 bits per heavy atom. The van der Waals surface area contributed by atoms with Gasteiger partial charge in [-0.25, -0.2) is 9.78 Å². The van der Waals surface area contributed by atoms with Crippen LogP contribution in [0, 0.1) is 0 Å². The van der Waals surface area contributed by atoms with Crippen molar-refractivity contribution >= 4 is 34.6 Å². The Labute approximate surface area is 286 Å². The van der Waals surface area contributed by atoms with E-state index in [9.17, 15) is 19.5 Å². The van der Waals surface area contributed by atoms with Gasteiger partial charge in [0.05, 0.1) is 17.1 Å². The number of aromatic nitrogens is 2. The van der Waals surface area contributed by atoms with Crippen molar-refractivity contribution in [3.63, 3.8) is 0 Å². The Morgan fingerprint density at radius 1 is 0.939 bits per heavy atom. The van der Waals surface area contributed by atoms with Gasteiger partial charge in [-0.15, -0.1) is 11.3 Å². The average molecular weight is 675 g/mol. The van der Waals surface area contributed by atoms with E-state index in [1.807, 2.05) is 72.8 Å². The molecule has 2 aromatic heterocycles. The van der Waals surface area contributed by atoms with Crippen molar-refractivity contribution in [2.75, 3.05) is 6.54 Å². The van der Waals surface area contributed by atoms with Crippen LogP contribution in [0.2, 0.25) is 0 Å². The Bertz CT molecular complexity index is 2100. The van der Waals surface area contributed by atoms with E-state index < -0.39 is 5.97 Å². The molecule has 1 atom stereocenters. The molecular formula is C38H34N4O6S. The molecule has 0 fully saturated rings. The standard InChI is InChI=1S/C38H34N4O6S/c43-24-41-36(27-5-2-1-3-6-27)29-7-4-8-30(19-29)47-22-25-9-11-28(12-10-25)38(46)48-23-35-40-21-31(49-35)20-39-18-17-26-13-15-33(44)37-32(26)14-16-34(45)42-37/h1-16,19,21,24,36,39,44H,17-18,20,22-23H2,(H,41,43)(H,42,45). The number of aromatic hydroxyl groups is 1. The molecule has 1 unspecified atom stereocenters. The van der Waals surface area contributed by atoms with Gasteiger partial charge in [-0.3, -0.25) is 9.59 Å². The number of fused-ring (bicyclic) bond motifs is 1. The highest BCUT2D eigenvalue weighted by Crippen LogP contribution is 2.26. The fourth-order valence-corrected chi connectivity index (χ4v) is 6.25. The molecule has 0 aliphatic heterocycles. The van der Waals surface area contributed by atoms with Gasteiger partial charge < -0.3 is 30.2 Å². The molecule has 6 aromatic rings. The Balaban J connectivity index is 0.950. The van der Waals surface area contributed by atoms with Crippen molar-refractivity contribution < 1.29 is 24.2 Å². The smallest absolute Gasteiger partial charge is 0.338 e. The van der Waals surface area contributed by atoms with Gasteiger partial charge in [0.15, 0.2) is 0 Å². The maximum atomic E-state index is 12.7. The highest BCUT2D eigenvalue weighted by Gasteiger charge is 2.14. The zero-order valence-corrected chi connectivity index (χ0v) is 27.2. The number of aromatic amines is 1. The molecule has 0 spiro atoms. The topological polar surface area (TPSA) is 143 Å². The van der Waals surface area contributed by atoms with E-state index in [2.05, 4.69) is 20.6 Å². The number of nitrogens with one attached hydrogen (secondary N) is 3. The predicted molar refractivity (Wildman–Crippen MR) is 188 cm³/mol. The number of hydrogen-bond donors (Lipinski definition) is 4. The Kier molecular flexibility index (Phi) is 10.7. The molecule has 49 heavy (non-hydrogen) atoms. The number of hydrogen-bond acceptors (Lipinski definition) is 9. The van der Waals surface area contributed by atoms with Crippen LogP contribution in [0.15, 0.2) is 114 Å². The fourth-order valence-electron chi connectivity index (χ4n) is 5.44. The van der Waals surface area contributed by atoms with E-state index in [0.29, 0.717) is 54.4 Å². The maximum Gasteiger partial charge on any atom is 0.338 e. The fraction of sp³-hybridized carbons (Fsp3) is 0.158. The molecular weight excluding hydrogens is 641 g/mol. The van der Waals surface area contributed by atoms with E-state index >= 15 is 0 Å². The molecule has 0 saturated carbocycles. The molecule has 4 N–H and O–H groups in total. The van der Waals surface area contributed by atoms with Gasteiger partial charge in [-0.1, -0.05) is 60.7 Å². The SMILES string of the molecule is O=CNC(c1ccccc1)c1cccc(OCc2ccc(C(=O)OCc3ncc(CNCCc4ccc(O)c5[nH]c(=O)ccc45)s3)cc2)c1. The second kappa shape index (κ2) is 15.9. The van der Waals surface area contributed by atoms with E-state index in [-0.39, 0.29) is 24.0 Å². The number of benzene rings is 4. The van der Waals surface area contributed by atoms with Crippen LogP contribution in [-0.4, -0.2) is 34.0 Å². The lowest BCUT2D eigenvalue weighted by atomic mass is 9.99. The highest BCUT2D eigenvalue weighted by molar-refractivity contribution is 7.11. The summed E-state index contributed by atoms with van der Waals surface area (Å²) in [6, 6.07) is 30.7. The van der Waals surface area contributed by atoms with Gasteiger partial charge in [0, 0.05) is 29.1 Å². The summed E-state index contributed by atoms with van der Waals surface area (Å²) in [5.41, 5.74) is 4.39. The van der Waals surface area contributed by atoms with Crippen molar-refractivity contribution in [3.8, 4) is 11.5 Å². The lowest BCUT2D eigenvalue weighted by molar-refractivity contribution is -0.110. The monoisotopic (exact) mass is 674 g/mol. The molecule has 0 saturated heterocycles. The number of H-pyrrole nitrogens is 1. The summed E-state index contributed by atoms with van der Waals surface area (Å²) in [7, 11) is 0. The third kappa shape index (κ3) is 8.58. The number of rotatable bonds is 15. The predicted octanol–water partition coefficient (Wildman–Crippen LogP) is 5.79. The molecule has 0 aliphatic rings. The summed E-state index contributed by atoms with van der Waals surface area (Å²) >= 11 is 1.47. The summed E-state index contributed by atoms with van der Waals surface area (Å²) < 4.78 is 11.5. The Morgan fingerprint density at radius 2 is 1.76 bits per heavy atom. The van der Waals surface area contributed by atoms with Gasteiger partial charge in [-0.2, -0.15) is 0 Å². The summed E-state index contributed by atoms with van der Waals surface area (Å²) in [5, 5.41) is 17.9. The van der Waals surface area contributed by atoms with Crippen LogP contribution in [0.25, 0.3) is 10.9 Å². The second-order valence-electron chi connectivity index (χ2n) is 11.3. The van der Waals surface area contributed by atoms with Gasteiger partial charge in [0.2, 0.25) is 12.0 Å². The van der Waals surface area contributed by atoms with Crippen LogP contribution in [0.3, 0.4) is 0 Å². The number of amides is 1. The number of pyridine rings is 1. The normalized spacial score (nSPS) is 11.6. The maximum absolute atomic E-state index is 12.7. The third-order valence-corrected chi connectivity index (χ3v) is 8.89. The van der Waals surface area contributed by atoms with Crippen LogP contribution in [0.1, 0.15) is 48.5 Å². The van der Waals surface area contributed by atoms with Gasteiger partial charge >= 0.3 is 5.97 Å². The van der Waals surface area contributed by atoms with Crippen LogP contribution in [-0.2, 0) is 35.7 Å². The second-order valence-corrected chi connectivity index (χ2v) is 12.5. The molecule has 0 aliphatic carbocycles.